The van der Waals surface area contributed by atoms with Gasteiger partial charge in [-0.25, -0.2) is 4.98 Å². The van der Waals surface area contributed by atoms with E-state index < -0.39 is 0 Å². The van der Waals surface area contributed by atoms with Crippen molar-refractivity contribution < 1.29 is 5.11 Å². The van der Waals surface area contributed by atoms with Gasteiger partial charge in [-0.15, -0.1) is 0 Å². The molecule has 0 atom stereocenters. The van der Waals surface area contributed by atoms with E-state index in [9.17, 15) is 0 Å². The highest BCUT2D eigenvalue weighted by Crippen LogP contribution is 2.06. The molecule has 0 aromatic carbocycles. The number of aromatic nitrogens is 1. The fraction of sp³-hybridized carbons (Fsp3) is 0.417. The lowest BCUT2D eigenvalue weighted by atomic mass is 10.2. The standard InChI is InChI=1S/C12H16N4OS/c1-9(11-5-2-4-10(8-17)13-11)14-15-12(18)16-6-3-7-16/h2,4-5,17H,3,6-8H2,1H3,(H,15,18)/b14-9+. The minimum absolute atomic E-state index is 0.0687. The van der Waals surface area contributed by atoms with Crippen LogP contribution in [-0.2, 0) is 6.61 Å². The molecule has 1 aliphatic rings. The van der Waals surface area contributed by atoms with Gasteiger partial charge in [-0.3, -0.25) is 5.43 Å². The second-order valence-corrected chi connectivity index (χ2v) is 4.51. The van der Waals surface area contributed by atoms with Crippen molar-refractivity contribution in [1.29, 1.82) is 0 Å². The summed E-state index contributed by atoms with van der Waals surface area (Å²) < 4.78 is 0. The monoisotopic (exact) mass is 264 g/mol. The minimum atomic E-state index is -0.0687. The largest absolute Gasteiger partial charge is 0.390 e. The Balaban J connectivity index is 2.00. The molecule has 0 amide bonds. The van der Waals surface area contributed by atoms with Crippen molar-refractivity contribution in [2.24, 2.45) is 5.10 Å². The van der Waals surface area contributed by atoms with Crippen molar-refractivity contribution in [2.45, 2.75) is 20.0 Å². The van der Waals surface area contributed by atoms with E-state index in [2.05, 4.69) is 20.4 Å². The second-order valence-electron chi connectivity index (χ2n) is 4.13. The van der Waals surface area contributed by atoms with E-state index in [0.29, 0.717) is 10.8 Å². The van der Waals surface area contributed by atoms with E-state index in [1.807, 2.05) is 19.1 Å². The molecule has 1 fully saturated rings. The molecule has 96 valence electrons. The van der Waals surface area contributed by atoms with Gasteiger partial charge in [0.25, 0.3) is 0 Å². The molecule has 2 N–H and O–H groups in total. The fourth-order valence-electron chi connectivity index (χ4n) is 1.55. The maximum absolute atomic E-state index is 9.03. The van der Waals surface area contributed by atoms with Gasteiger partial charge in [-0.2, -0.15) is 5.10 Å². The summed E-state index contributed by atoms with van der Waals surface area (Å²) in [5, 5.41) is 13.9. The van der Waals surface area contributed by atoms with Crippen LogP contribution in [0, 0.1) is 0 Å². The molecule has 0 radical (unpaired) electrons. The molecule has 1 saturated heterocycles. The zero-order valence-corrected chi connectivity index (χ0v) is 11.1. The third-order valence-corrected chi connectivity index (χ3v) is 3.15. The fourth-order valence-corrected chi connectivity index (χ4v) is 1.78. The highest BCUT2D eigenvalue weighted by atomic mass is 32.1. The zero-order valence-electron chi connectivity index (χ0n) is 10.3. The van der Waals surface area contributed by atoms with E-state index in [1.54, 1.807) is 6.07 Å². The van der Waals surface area contributed by atoms with Crippen molar-refractivity contribution in [2.75, 3.05) is 13.1 Å². The number of hydrazone groups is 1. The zero-order chi connectivity index (χ0) is 13.0. The Kier molecular flexibility index (Phi) is 4.22. The molecule has 0 spiro atoms. The number of likely N-dealkylation sites (tertiary alicyclic amines) is 1. The van der Waals surface area contributed by atoms with Crippen molar-refractivity contribution >= 4 is 23.0 Å². The molecular formula is C12H16N4OS. The molecule has 5 nitrogen and oxygen atoms in total. The summed E-state index contributed by atoms with van der Waals surface area (Å²) >= 11 is 5.19. The third kappa shape index (κ3) is 3.02. The lowest BCUT2D eigenvalue weighted by Gasteiger charge is -2.32. The number of aliphatic hydroxyl groups is 1. The highest BCUT2D eigenvalue weighted by molar-refractivity contribution is 7.80. The molecule has 0 saturated carbocycles. The summed E-state index contributed by atoms with van der Waals surface area (Å²) in [6, 6.07) is 5.47. The molecule has 0 aliphatic carbocycles. The third-order valence-electron chi connectivity index (χ3n) is 2.80. The van der Waals surface area contributed by atoms with Crippen LogP contribution in [0.25, 0.3) is 0 Å². The molecular weight excluding hydrogens is 248 g/mol. The Hall–Kier alpha value is -1.53. The number of rotatable bonds is 3. The van der Waals surface area contributed by atoms with Crippen molar-refractivity contribution in [3.63, 3.8) is 0 Å². The first-order valence-electron chi connectivity index (χ1n) is 5.87. The van der Waals surface area contributed by atoms with Crippen LogP contribution < -0.4 is 5.43 Å². The van der Waals surface area contributed by atoms with E-state index in [0.717, 1.165) is 24.5 Å². The van der Waals surface area contributed by atoms with Gasteiger partial charge in [0.15, 0.2) is 5.11 Å². The lowest BCUT2D eigenvalue weighted by molar-refractivity contribution is 0.277. The Labute approximate surface area is 112 Å². The van der Waals surface area contributed by atoms with Crippen LogP contribution >= 0.6 is 12.2 Å². The average Bonchev–Trinajstić information content (AvgIpc) is 2.34. The molecule has 6 heteroatoms. The van der Waals surface area contributed by atoms with E-state index in [1.165, 1.54) is 6.42 Å². The Morgan fingerprint density at radius 3 is 2.94 bits per heavy atom. The Morgan fingerprint density at radius 1 is 1.56 bits per heavy atom. The maximum atomic E-state index is 9.03. The number of aliphatic hydroxyl groups excluding tert-OH is 1. The molecule has 1 aliphatic heterocycles. The van der Waals surface area contributed by atoms with Crippen LogP contribution in [0.4, 0.5) is 0 Å². The SMILES string of the molecule is C/C(=N\NC(=S)N1CCC1)c1cccc(CO)n1. The first-order chi connectivity index (χ1) is 8.70. The molecule has 18 heavy (non-hydrogen) atoms. The second kappa shape index (κ2) is 5.88. The number of pyridine rings is 1. The Morgan fingerprint density at radius 2 is 2.33 bits per heavy atom. The summed E-state index contributed by atoms with van der Waals surface area (Å²) in [6.45, 7) is 3.78. The topological polar surface area (TPSA) is 60.8 Å². The van der Waals surface area contributed by atoms with Crippen LogP contribution in [-0.4, -0.2) is 38.9 Å². The van der Waals surface area contributed by atoms with Crippen LogP contribution in [0.15, 0.2) is 23.3 Å². The highest BCUT2D eigenvalue weighted by Gasteiger charge is 2.16. The van der Waals surface area contributed by atoms with Gasteiger partial charge >= 0.3 is 0 Å². The van der Waals surface area contributed by atoms with Crippen molar-refractivity contribution in [3.05, 3.63) is 29.6 Å². The van der Waals surface area contributed by atoms with E-state index in [-0.39, 0.29) is 6.61 Å². The summed E-state index contributed by atoms with van der Waals surface area (Å²) in [7, 11) is 0. The predicted molar refractivity (Wildman–Crippen MR) is 74.3 cm³/mol. The molecule has 0 unspecified atom stereocenters. The van der Waals surface area contributed by atoms with Crippen LogP contribution in [0.1, 0.15) is 24.7 Å². The van der Waals surface area contributed by atoms with Crippen molar-refractivity contribution in [1.82, 2.24) is 15.3 Å². The molecule has 2 rings (SSSR count). The molecule has 1 aromatic heterocycles. The predicted octanol–water partition coefficient (Wildman–Crippen LogP) is 0.878. The molecule has 1 aromatic rings. The summed E-state index contributed by atoms with van der Waals surface area (Å²) in [5.41, 5.74) is 4.98. The first-order valence-corrected chi connectivity index (χ1v) is 6.28. The van der Waals surface area contributed by atoms with Crippen molar-refractivity contribution in [3.8, 4) is 0 Å². The van der Waals surface area contributed by atoms with Gasteiger partial charge in [0.2, 0.25) is 0 Å². The van der Waals surface area contributed by atoms with E-state index in [4.69, 9.17) is 17.3 Å². The van der Waals surface area contributed by atoms with Gasteiger partial charge in [0.1, 0.15) is 0 Å². The summed E-state index contributed by atoms with van der Waals surface area (Å²) in [6.07, 6.45) is 1.19. The number of nitrogens with zero attached hydrogens (tertiary/aromatic N) is 3. The van der Waals surface area contributed by atoms with Gasteiger partial charge in [0.05, 0.1) is 23.7 Å². The van der Waals surface area contributed by atoms with Gasteiger partial charge in [-0.05, 0) is 37.7 Å². The van der Waals surface area contributed by atoms with Gasteiger partial charge in [-0.1, -0.05) is 6.07 Å². The smallest absolute Gasteiger partial charge is 0.189 e. The molecule has 0 bridgehead atoms. The minimum Gasteiger partial charge on any atom is -0.390 e. The van der Waals surface area contributed by atoms with Gasteiger partial charge in [0, 0.05) is 13.1 Å². The van der Waals surface area contributed by atoms with Crippen LogP contribution in [0.3, 0.4) is 0 Å². The number of hydrogen-bond donors (Lipinski definition) is 2. The quantitative estimate of drug-likeness (QED) is 0.482. The average molecular weight is 264 g/mol. The lowest BCUT2D eigenvalue weighted by Crippen LogP contribution is -2.46. The number of hydrogen-bond acceptors (Lipinski definition) is 4. The van der Waals surface area contributed by atoms with E-state index >= 15 is 0 Å². The molecule has 2 heterocycles. The normalized spacial score (nSPS) is 15.2. The first kappa shape index (κ1) is 12.9. The maximum Gasteiger partial charge on any atom is 0.189 e. The number of thiocarbonyl (C=S) groups is 1. The van der Waals surface area contributed by atoms with Crippen LogP contribution in [0.5, 0.6) is 0 Å². The summed E-state index contributed by atoms with van der Waals surface area (Å²) in [4.78, 5) is 6.33. The number of nitrogens with one attached hydrogen (secondary N) is 1. The Bertz CT molecular complexity index is 471. The summed E-state index contributed by atoms with van der Waals surface area (Å²) in [5.74, 6) is 0. The van der Waals surface area contributed by atoms with Gasteiger partial charge < -0.3 is 10.0 Å². The van der Waals surface area contributed by atoms with Crippen LogP contribution in [0.2, 0.25) is 0 Å².